The number of nitrogens with zero attached hydrogens (tertiary/aromatic N) is 2. The van der Waals surface area contributed by atoms with Crippen molar-refractivity contribution in [3.05, 3.63) is 47.1 Å². The molecule has 0 aliphatic rings. The molecule has 0 radical (unpaired) electrons. The molecule has 20 heavy (non-hydrogen) atoms. The zero-order valence-corrected chi connectivity index (χ0v) is 13.3. The maximum absolute atomic E-state index is 12.6. The van der Waals surface area contributed by atoms with E-state index in [1.165, 1.54) is 30.7 Å². The first-order chi connectivity index (χ1) is 9.46. The molecule has 2 aromatic rings. The molecule has 0 amide bonds. The average Bonchev–Trinajstić information content (AvgIpc) is 2.47. The minimum absolute atomic E-state index is 0.0146. The van der Waals surface area contributed by atoms with Crippen LogP contribution in [0, 0.1) is 0 Å². The van der Waals surface area contributed by atoms with Gasteiger partial charge in [-0.15, -0.1) is 0 Å². The Morgan fingerprint density at radius 2 is 1.90 bits per heavy atom. The van der Waals surface area contributed by atoms with E-state index in [9.17, 15) is 8.42 Å². The van der Waals surface area contributed by atoms with Gasteiger partial charge in [0.15, 0.2) is 4.90 Å². The van der Waals surface area contributed by atoms with Gasteiger partial charge in [0, 0.05) is 17.7 Å². The van der Waals surface area contributed by atoms with E-state index >= 15 is 0 Å². The molecule has 0 aliphatic carbocycles. The minimum atomic E-state index is -3.74. The van der Waals surface area contributed by atoms with Crippen LogP contribution in [0.15, 0.2) is 52.0 Å². The largest absolute Gasteiger partial charge is 0.480 e. The summed E-state index contributed by atoms with van der Waals surface area (Å²) in [5.41, 5.74) is 0.564. The fourth-order valence-electron chi connectivity index (χ4n) is 1.67. The van der Waals surface area contributed by atoms with Gasteiger partial charge in [0.05, 0.1) is 12.8 Å². The summed E-state index contributed by atoms with van der Waals surface area (Å²) in [6.45, 7) is 0. The zero-order valence-electron chi connectivity index (χ0n) is 10.9. The van der Waals surface area contributed by atoms with Gasteiger partial charge in [0.1, 0.15) is 0 Å². The third kappa shape index (κ3) is 2.78. The van der Waals surface area contributed by atoms with Crippen LogP contribution in [0.4, 0.5) is 5.69 Å². The van der Waals surface area contributed by atoms with Gasteiger partial charge in [-0.05, 0) is 34.1 Å². The lowest BCUT2D eigenvalue weighted by Crippen LogP contribution is -2.27. The lowest BCUT2D eigenvalue weighted by atomic mass is 10.3. The standard InChI is InChI=1S/C13H13BrN2O3S/c1-16(11-6-4-3-5-7-11)20(17,18)12-8-10(14)9-15-13(12)19-2/h3-9H,1-2H3. The van der Waals surface area contributed by atoms with Crippen LogP contribution in [-0.2, 0) is 10.0 Å². The monoisotopic (exact) mass is 356 g/mol. The van der Waals surface area contributed by atoms with Crippen molar-refractivity contribution in [2.24, 2.45) is 0 Å². The predicted octanol–water partition coefficient (Wildman–Crippen LogP) is 2.68. The molecule has 0 bridgehead atoms. The average molecular weight is 357 g/mol. The highest BCUT2D eigenvalue weighted by molar-refractivity contribution is 9.10. The third-order valence-electron chi connectivity index (χ3n) is 2.74. The Kier molecular flexibility index (Phi) is 4.29. The number of benzene rings is 1. The highest BCUT2D eigenvalue weighted by Gasteiger charge is 2.26. The van der Waals surface area contributed by atoms with Gasteiger partial charge in [0.25, 0.3) is 10.0 Å². The molecule has 0 aliphatic heterocycles. The van der Waals surface area contributed by atoms with Crippen LogP contribution in [0.1, 0.15) is 0 Å². The molecule has 0 N–H and O–H groups in total. The van der Waals surface area contributed by atoms with Gasteiger partial charge in [-0.2, -0.15) is 0 Å². The van der Waals surface area contributed by atoms with Gasteiger partial charge in [0.2, 0.25) is 5.88 Å². The lowest BCUT2D eigenvalue weighted by Gasteiger charge is -2.20. The summed E-state index contributed by atoms with van der Waals surface area (Å²) < 4.78 is 32.1. The quantitative estimate of drug-likeness (QED) is 0.844. The highest BCUT2D eigenvalue weighted by atomic mass is 79.9. The van der Waals surface area contributed by atoms with Gasteiger partial charge >= 0.3 is 0 Å². The Hall–Kier alpha value is -1.60. The van der Waals surface area contributed by atoms with Gasteiger partial charge in [-0.3, -0.25) is 4.31 Å². The van der Waals surface area contributed by atoms with Crippen molar-refractivity contribution < 1.29 is 13.2 Å². The van der Waals surface area contributed by atoms with Gasteiger partial charge < -0.3 is 4.74 Å². The SMILES string of the molecule is COc1ncc(Br)cc1S(=O)(=O)N(C)c1ccccc1. The van der Waals surface area contributed by atoms with E-state index in [4.69, 9.17) is 4.74 Å². The third-order valence-corrected chi connectivity index (χ3v) is 4.95. The molecular weight excluding hydrogens is 344 g/mol. The Morgan fingerprint density at radius 3 is 2.50 bits per heavy atom. The number of sulfonamides is 1. The number of halogens is 1. The second kappa shape index (κ2) is 5.80. The second-order valence-corrected chi connectivity index (χ2v) is 6.82. The first-order valence-electron chi connectivity index (χ1n) is 5.70. The maximum Gasteiger partial charge on any atom is 0.269 e. The molecule has 0 saturated heterocycles. The van der Waals surface area contributed by atoms with Crippen LogP contribution < -0.4 is 9.04 Å². The molecule has 1 aromatic heterocycles. The molecular formula is C13H13BrN2O3S. The van der Waals surface area contributed by atoms with E-state index < -0.39 is 10.0 Å². The molecule has 7 heteroatoms. The summed E-state index contributed by atoms with van der Waals surface area (Å²) in [5.74, 6) is 0.0657. The lowest BCUT2D eigenvalue weighted by molar-refractivity contribution is 0.385. The van der Waals surface area contributed by atoms with E-state index in [1.807, 2.05) is 6.07 Å². The summed E-state index contributed by atoms with van der Waals surface area (Å²) in [6.07, 6.45) is 1.49. The Balaban J connectivity index is 2.53. The van der Waals surface area contributed by atoms with Crippen LogP contribution >= 0.6 is 15.9 Å². The molecule has 0 atom stereocenters. The van der Waals surface area contributed by atoms with Crippen LogP contribution in [0.2, 0.25) is 0 Å². The Labute approximate surface area is 126 Å². The molecule has 0 fully saturated rings. The van der Waals surface area contributed by atoms with Crippen molar-refractivity contribution in [3.8, 4) is 5.88 Å². The van der Waals surface area contributed by atoms with Crippen LogP contribution in [0.25, 0.3) is 0 Å². The van der Waals surface area contributed by atoms with E-state index in [-0.39, 0.29) is 10.8 Å². The molecule has 2 rings (SSSR count). The summed E-state index contributed by atoms with van der Waals surface area (Å²) in [4.78, 5) is 3.98. The topological polar surface area (TPSA) is 59.5 Å². The zero-order chi connectivity index (χ0) is 14.8. The highest BCUT2D eigenvalue weighted by Crippen LogP contribution is 2.29. The maximum atomic E-state index is 12.6. The number of pyridine rings is 1. The second-order valence-electron chi connectivity index (χ2n) is 3.97. The molecule has 106 valence electrons. The Bertz CT molecular complexity index is 705. The number of rotatable bonds is 4. The van der Waals surface area contributed by atoms with Crippen molar-refractivity contribution >= 4 is 31.6 Å². The number of anilines is 1. The van der Waals surface area contributed by atoms with Crippen molar-refractivity contribution in [2.75, 3.05) is 18.5 Å². The minimum Gasteiger partial charge on any atom is -0.480 e. The van der Waals surface area contributed by atoms with Crippen molar-refractivity contribution in [3.63, 3.8) is 0 Å². The van der Waals surface area contributed by atoms with Crippen LogP contribution in [-0.4, -0.2) is 27.6 Å². The molecule has 1 heterocycles. The van der Waals surface area contributed by atoms with Crippen molar-refractivity contribution in [1.29, 1.82) is 0 Å². The fourth-order valence-corrected chi connectivity index (χ4v) is 3.48. The Morgan fingerprint density at radius 1 is 1.25 bits per heavy atom. The van der Waals surface area contributed by atoms with Crippen molar-refractivity contribution in [1.82, 2.24) is 4.98 Å². The predicted molar refractivity (Wildman–Crippen MR) is 80.5 cm³/mol. The number of ether oxygens (including phenoxy) is 1. The number of hydrogen-bond acceptors (Lipinski definition) is 4. The van der Waals surface area contributed by atoms with Crippen LogP contribution in [0.3, 0.4) is 0 Å². The molecule has 0 spiro atoms. The normalized spacial score (nSPS) is 11.2. The molecule has 1 aromatic carbocycles. The smallest absolute Gasteiger partial charge is 0.269 e. The number of para-hydroxylation sites is 1. The first-order valence-corrected chi connectivity index (χ1v) is 7.93. The summed E-state index contributed by atoms with van der Waals surface area (Å²) in [7, 11) is -0.864. The van der Waals surface area contributed by atoms with E-state index in [1.54, 1.807) is 24.3 Å². The fraction of sp³-hybridized carbons (Fsp3) is 0.154. The summed E-state index contributed by atoms with van der Waals surface area (Å²) in [6, 6.07) is 10.3. The van der Waals surface area contributed by atoms with E-state index in [0.29, 0.717) is 10.2 Å². The van der Waals surface area contributed by atoms with Gasteiger partial charge in [-0.25, -0.2) is 13.4 Å². The summed E-state index contributed by atoms with van der Waals surface area (Å²) >= 11 is 3.22. The molecule has 5 nitrogen and oxygen atoms in total. The molecule has 0 saturated carbocycles. The number of aromatic nitrogens is 1. The van der Waals surface area contributed by atoms with Crippen molar-refractivity contribution in [2.45, 2.75) is 4.90 Å². The molecule has 0 unspecified atom stereocenters. The first kappa shape index (κ1) is 14.8. The number of hydrogen-bond donors (Lipinski definition) is 0. The van der Waals surface area contributed by atoms with Gasteiger partial charge in [-0.1, -0.05) is 18.2 Å². The van der Waals surface area contributed by atoms with E-state index in [0.717, 1.165) is 0 Å². The van der Waals surface area contributed by atoms with Crippen LogP contribution in [0.5, 0.6) is 5.88 Å². The summed E-state index contributed by atoms with van der Waals surface area (Å²) in [5, 5.41) is 0. The number of methoxy groups -OCH3 is 1. The van der Waals surface area contributed by atoms with E-state index in [2.05, 4.69) is 20.9 Å².